The normalized spacial score (nSPS) is 18.1. The van der Waals surface area contributed by atoms with Crippen molar-refractivity contribution in [3.8, 4) is 11.3 Å². The Morgan fingerprint density at radius 3 is 3.00 bits per heavy atom. The molecule has 0 radical (unpaired) electrons. The minimum atomic E-state index is 0.819. The van der Waals surface area contributed by atoms with Gasteiger partial charge in [0.1, 0.15) is 5.01 Å². The zero-order chi connectivity index (χ0) is 13.5. The largest absolute Gasteiger partial charge is 0.314 e. The number of nitrogens with zero attached hydrogens (tertiary/aromatic N) is 2. The van der Waals surface area contributed by atoms with Gasteiger partial charge in [0.15, 0.2) is 0 Å². The van der Waals surface area contributed by atoms with Crippen molar-refractivity contribution in [3.63, 3.8) is 0 Å². The van der Waals surface area contributed by atoms with Crippen LogP contribution < -0.4 is 5.32 Å². The maximum atomic E-state index is 6.06. The molecule has 20 heavy (non-hydrogen) atoms. The molecule has 5 heteroatoms. The van der Waals surface area contributed by atoms with Crippen LogP contribution in [0.25, 0.3) is 11.3 Å². The Hall–Kier alpha value is -0.940. The number of thiazole rings is 1. The van der Waals surface area contributed by atoms with Crippen LogP contribution >= 0.6 is 22.9 Å². The van der Waals surface area contributed by atoms with Crippen LogP contribution in [-0.2, 0) is 13.0 Å². The molecule has 1 aromatic carbocycles. The Labute approximate surface area is 127 Å². The lowest BCUT2D eigenvalue weighted by molar-refractivity contribution is 0.233. The van der Waals surface area contributed by atoms with Gasteiger partial charge in [-0.2, -0.15) is 0 Å². The highest BCUT2D eigenvalue weighted by molar-refractivity contribution is 7.12. The summed E-state index contributed by atoms with van der Waals surface area (Å²) >= 11 is 7.93. The van der Waals surface area contributed by atoms with Crippen molar-refractivity contribution in [1.29, 1.82) is 0 Å². The number of rotatable bonds is 2. The van der Waals surface area contributed by atoms with E-state index < -0.39 is 0 Å². The summed E-state index contributed by atoms with van der Waals surface area (Å²) in [7, 11) is 0. The molecule has 0 bridgehead atoms. The van der Waals surface area contributed by atoms with E-state index in [1.165, 1.54) is 26.7 Å². The third kappa shape index (κ3) is 2.27. The highest BCUT2D eigenvalue weighted by atomic mass is 35.5. The lowest BCUT2D eigenvalue weighted by Gasteiger charge is -2.26. The van der Waals surface area contributed by atoms with Gasteiger partial charge in [0.05, 0.1) is 12.2 Å². The lowest BCUT2D eigenvalue weighted by atomic mass is 10.1. The minimum Gasteiger partial charge on any atom is -0.314 e. The van der Waals surface area contributed by atoms with E-state index in [2.05, 4.69) is 22.3 Å². The Kier molecular flexibility index (Phi) is 3.27. The van der Waals surface area contributed by atoms with Crippen molar-refractivity contribution < 1.29 is 0 Å². The van der Waals surface area contributed by atoms with E-state index >= 15 is 0 Å². The number of hydrogen-bond acceptors (Lipinski definition) is 4. The Morgan fingerprint density at radius 2 is 2.15 bits per heavy atom. The quantitative estimate of drug-likeness (QED) is 0.789. The molecule has 1 aliphatic carbocycles. The van der Waals surface area contributed by atoms with E-state index in [9.17, 15) is 0 Å². The number of halogens is 1. The predicted molar refractivity (Wildman–Crippen MR) is 83.5 cm³/mol. The maximum Gasteiger partial charge on any atom is 0.108 e. The van der Waals surface area contributed by atoms with Gasteiger partial charge < -0.3 is 5.32 Å². The van der Waals surface area contributed by atoms with Gasteiger partial charge in [0.25, 0.3) is 0 Å². The van der Waals surface area contributed by atoms with Gasteiger partial charge in [-0.05, 0) is 17.7 Å². The third-order valence-corrected chi connectivity index (χ3v) is 5.26. The molecule has 4 rings (SSSR count). The average molecular weight is 306 g/mol. The van der Waals surface area contributed by atoms with Crippen LogP contribution in [0.1, 0.15) is 15.4 Å². The van der Waals surface area contributed by atoms with E-state index in [4.69, 9.17) is 16.6 Å². The highest BCUT2D eigenvalue weighted by Gasteiger charge is 2.24. The molecule has 0 unspecified atom stereocenters. The first-order valence-electron chi connectivity index (χ1n) is 7.00. The number of hydrogen-bond donors (Lipinski definition) is 1. The van der Waals surface area contributed by atoms with Gasteiger partial charge in [-0.3, -0.25) is 4.90 Å². The van der Waals surface area contributed by atoms with Crippen molar-refractivity contribution in [2.75, 3.05) is 26.2 Å². The summed E-state index contributed by atoms with van der Waals surface area (Å²) in [5.41, 5.74) is 3.78. The van der Waals surface area contributed by atoms with E-state index in [1.54, 1.807) is 0 Å². The molecule has 104 valence electrons. The first kappa shape index (κ1) is 12.8. The first-order valence-corrected chi connectivity index (χ1v) is 8.19. The number of benzene rings is 1. The van der Waals surface area contributed by atoms with Crippen LogP contribution in [0.4, 0.5) is 0 Å². The summed E-state index contributed by atoms with van der Waals surface area (Å²) in [5, 5.41) is 5.45. The molecule has 0 atom stereocenters. The molecule has 3 nitrogen and oxygen atoms in total. The smallest absolute Gasteiger partial charge is 0.108 e. The van der Waals surface area contributed by atoms with Gasteiger partial charge in [-0.15, -0.1) is 11.3 Å². The molecule has 1 N–H and O–H groups in total. The first-order chi connectivity index (χ1) is 9.79. The number of fused-ring (bicyclic) bond motifs is 3. The number of piperazine rings is 1. The second-order valence-corrected chi connectivity index (χ2v) is 6.99. The van der Waals surface area contributed by atoms with Crippen LogP contribution in [0, 0.1) is 0 Å². The van der Waals surface area contributed by atoms with Crippen LogP contribution in [-0.4, -0.2) is 36.1 Å². The standard InChI is InChI=1S/C15H16ClN3S/c16-11-1-2-12-10(7-11)8-13-15(12)18-14(20-13)9-19-5-3-17-4-6-19/h1-2,7,17H,3-6,8-9H2. The van der Waals surface area contributed by atoms with E-state index in [-0.39, 0.29) is 0 Å². The summed E-state index contributed by atoms with van der Waals surface area (Å²) in [5.74, 6) is 0. The monoisotopic (exact) mass is 305 g/mol. The molecule has 0 saturated carbocycles. The second kappa shape index (κ2) is 5.11. The third-order valence-electron chi connectivity index (χ3n) is 3.98. The summed E-state index contributed by atoms with van der Waals surface area (Å²) in [6.45, 7) is 5.41. The Bertz CT molecular complexity index is 647. The molecule has 0 amide bonds. The number of aromatic nitrogens is 1. The second-order valence-electron chi connectivity index (χ2n) is 5.38. The molecule has 1 fully saturated rings. The van der Waals surface area contributed by atoms with Crippen molar-refractivity contribution in [2.45, 2.75) is 13.0 Å². The van der Waals surface area contributed by atoms with Gasteiger partial charge in [0, 0.05) is 48.1 Å². The van der Waals surface area contributed by atoms with Crippen LogP contribution in [0.15, 0.2) is 18.2 Å². The highest BCUT2D eigenvalue weighted by Crippen LogP contribution is 2.40. The van der Waals surface area contributed by atoms with Gasteiger partial charge in [-0.1, -0.05) is 17.7 Å². The predicted octanol–water partition coefficient (Wildman–Crippen LogP) is 2.77. The molecule has 0 spiro atoms. The fourth-order valence-electron chi connectivity index (χ4n) is 2.97. The molecule has 1 saturated heterocycles. The summed E-state index contributed by atoms with van der Waals surface area (Å²) in [6, 6.07) is 6.14. The van der Waals surface area contributed by atoms with Gasteiger partial charge in [0.2, 0.25) is 0 Å². The van der Waals surface area contributed by atoms with Crippen molar-refractivity contribution in [2.24, 2.45) is 0 Å². The fourth-order valence-corrected chi connectivity index (χ4v) is 4.31. The summed E-state index contributed by atoms with van der Waals surface area (Å²) < 4.78 is 0. The van der Waals surface area contributed by atoms with Crippen molar-refractivity contribution in [3.05, 3.63) is 38.7 Å². The minimum absolute atomic E-state index is 0.819. The molecule has 2 aromatic rings. The van der Waals surface area contributed by atoms with Gasteiger partial charge >= 0.3 is 0 Å². The fraction of sp³-hybridized carbons (Fsp3) is 0.400. The molecule has 2 aliphatic rings. The van der Waals surface area contributed by atoms with E-state index in [0.29, 0.717) is 0 Å². The maximum absolute atomic E-state index is 6.06. The lowest BCUT2D eigenvalue weighted by Crippen LogP contribution is -2.42. The zero-order valence-corrected chi connectivity index (χ0v) is 12.7. The summed E-state index contributed by atoms with van der Waals surface area (Å²) in [6.07, 6.45) is 0.991. The van der Waals surface area contributed by atoms with Crippen LogP contribution in [0.3, 0.4) is 0 Å². The number of nitrogens with one attached hydrogen (secondary N) is 1. The van der Waals surface area contributed by atoms with Crippen LogP contribution in [0.2, 0.25) is 5.02 Å². The van der Waals surface area contributed by atoms with E-state index in [1.807, 2.05) is 17.4 Å². The van der Waals surface area contributed by atoms with E-state index in [0.717, 1.165) is 44.2 Å². The SMILES string of the molecule is Clc1ccc2c(c1)Cc1sc(CN3CCNCC3)nc1-2. The molecular weight excluding hydrogens is 290 g/mol. The van der Waals surface area contributed by atoms with Crippen molar-refractivity contribution in [1.82, 2.24) is 15.2 Å². The zero-order valence-electron chi connectivity index (χ0n) is 11.2. The molecule has 1 aliphatic heterocycles. The topological polar surface area (TPSA) is 28.2 Å². The summed E-state index contributed by atoms with van der Waals surface area (Å²) in [4.78, 5) is 8.74. The Balaban J connectivity index is 1.58. The average Bonchev–Trinajstić information content (AvgIpc) is 2.96. The van der Waals surface area contributed by atoms with Crippen LogP contribution in [0.5, 0.6) is 0 Å². The van der Waals surface area contributed by atoms with Crippen molar-refractivity contribution >= 4 is 22.9 Å². The molecule has 2 heterocycles. The molecular formula is C15H16ClN3S. The van der Waals surface area contributed by atoms with Gasteiger partial charge in [-0.25, -0.2) is 4.98 Å². The Morgan fingerprint density at radius 1 is 1.30 bits per heavy atom. The molecule has 1 aromatic heterocycles.